The third-order valence-electron chi connectivity index (χ3n) is 2.47. The van der Waals surface area contributed by atoms with E-state index in [4.69, 9.17) is 9.47 Å². The van der Waals surface area contributed by atoms with Crippen LogP contribution in [0, 0.1) is 0 Å². The van der Waals surface area contributed by atoms with Crippen molar-refractivity contribution in [2.45, 2.75) is 4.90 Å². The highest BCUT2D eigenvalue weighted by Gasteiger charge is 2.19. The largest absolute Gasteiger partial charge is 0.452 e. The topological polar surface area (TPSA) is 98.8 Å². The Morgan fingerprint density at radius 3 is 2.52 bits per heavy atom. The van der Waals surface area contributed by atoms with Gasteiger partial charge in [0, 0.05) is 19.9 Å². The maximum Gasteiger partial charge on any atom is 0.339 e. The normalized spacial score (nSPS) is 11.0. The fraction of sp³-hybridized carbons (Fsp3) is 0.385. The minimum atomic E-state index is -3.55. The minimum absolute atomic E-state index is 0.0929. The monoisotopic (exact) mass is 315 g/mol. The summed E-state index contributed by atoms with van der Waals surface area (Å²) in [4.78, 5) is 23.1. The van der Waals surface area contributed by atoms with Crippen molar-refractivity contribution < 1.29 is 27.5 Å². The molecule has 0 saturated carbocycles. The minimum Gasteiger partial charge on any atom is -0.452 e. The molecule has 0 heterocycles. The molecule has 0 aliphatic rings. The first-order valence-electron chi connectivity index (χ1n) is 6.08. The number of hydrogen-bond donors (Lipinski definition) is 1. The zero-order valence-electron chi connectivity index (χ0n) is 11.8. The second-order valence-corrected chi connectivity index (χ2v) is 6.17. The fourth-order valence-electron chi connectivity index (χ4n) is 1.51. The number of carbonyl (C=O) groups excluding carboxylic acids is 2. The molecule has 0 radical (unpaired) electrons. The Balaban J connectivity index is 2.67. The molecule has 0 unspecified atom stereocenters. The number of rotatable bonds is 7. The van der Waals surface area contributed by atoms with Crippen LogP contribution in [0.2, 0.25) is 0 Å². The van der Waals surface area contributed by atoms with E-state index in [1.807, 2.05) is 0 Å². The van der Waals surface area contributed by atoms with Crippen molar-refractivity contribution in [2.75, 3.05) is 33.1 Å². The molecule has 0 aliphatic carbocycles. The van der Waals surface area contributed by atoms with Gasteiger partial charge in [0.15, 0.2) is 16.4 Å². The Hall–Kier alpha value is -1.93. The number of nitrogens with one attached hydrogen (secondary N) is 1. The first-order chi connectivity index (χ1) is 9.86. The maximum atomic E-state index is 11.9. The molecule has 0 aliphatic heterocycles. The van der Waals surface area contributed by atoms with Gasteiger partial charge in [-0.15, -0.1) is 0 Å². The molecule has 1 aromatic carbocycles. The van der Waals surface area contributed by atoms with Gasteiger partial charge in [-0.05, 0) is 12.1 Å². The van der Waals surface area contributed by atoms with Crippen molar-refractivity contribution in [3.63, 3.8) is 0 Å². The number of methoxy groups -OCH3 is 1. The lowest BCUT2D eigenvalue weighted by molar-refractivity contribution is -0.124. The summed E-state index contributed by atoms with van der Waals surface area (Å²) in [6.07, 6.45) is 0.997. The molecule has 0 fully saturated rings. The van der Waals surface area contributed by atoms with Crippen molar-refractivity contribution in [3.8, 4) is 0 Å². The summed E-state index contributed by atoms with van der Waals surface area (Å²) in [5.41, 5.74) is -0.0929. The quantitative estimate of drug-likeness (QED) is 0.562. The summed E-state index contributed by atoms with van der Waals surface area (Å²) in [7, 11) is -2.06. The van der Waals surface area contributed by atoms with E-state index in [-0.39, 0.29) is 10.5 Å². The third-order valence-corrected chi connectivity index (χ3v) is 3.62. The molecule has 1 rings (SSSR count). The molecule has 0 aromatic heterocycles. The van der Waals surface area contributed by atoms with Crippen molar-refractivity contribution >= 4 is 21.7 Å². The Morgan fingerprint density at radius 1 is 1.24 bits per heavy atom. The predicted molar refractivity (Wildman–Crippen MR) is 74.7 cm³/mol. The van der Waals surface area contributed by atoms with E-state index in [2.05, 4.69) is 5.32 Å². The summed E-state index contributed by atoms with van der Waals surface area (Å²) < 4.78 is 32.7. The SMILES string of the molecule is COCCNC(=O)COC(=O)c1ccccc1S(C)(=O)=O. The highest BCUT2D eigenvalue weighted by molar-refractivity contribution is 7.90. The van der Waals surface area contributed by atoms with Gasteiger partial charge >= 0.3 is 5.97 Å². The van der Waals surface area contributed by atoms with Crippen LogP contribution in [0.1, 0.15) is 10.4 Å². The van der Waals surface area contributed by atoms with Crippen LogP contribution in [0.5, 0.6) is 0 Å². The lowest BCUT2D eigenvalue weighted by Gasteiger charge is -2.08. The summed E-state index contributed by atoms with van der Waals surface area (Å²) in [6.45, 7) is 0.157. The molecule has 1 N–H and O–H groups in total. The first-order valence-corrected chi connectivity index (χ1v) is 7.97. The zero-order valence-corrected chi connectivity index (χ0v) is 12.6. The van der Waals surface area contributed by atoms with Crippen LogP contribution < -0.4 is 5.32 Å². The number of benzene rings is 1. The summed E-state index contributed by atoms with van der Waals surface area (Å²) in [5.74, 6) is -1.35. The molecule has 8 heteroatoms. The fourth-order valence-corrected chi connectivity index (χ4v) is 2.39. The van der Waals surface area contributed by atoms with Crippen molar-refractivity contribution in [1.82, 2.24) is 5.32 Å². The summed E-state index contributed by atoms with van der Waals surface area (Å²) in [6, 6.07) is 5.67. The molecule has 0 atom stereocenters. The van der Waals surface area contributed by atoms with Gasteiger partial charge in [-0.2, -0.15) is 0 Å². The molecular weight excluding hydrogens is 298 g/mol. The Morgan fingerprint density at radius 2 is 1.90 bits per heavy atom. The van der Waals surface area contributed by atoms with Crippen molar-refractivity contribution in [1.29, 1.82) is 0 Å². The van der Waals surface area contributed by atoms with E-state index in [1.54, 1.807) is 0 Å². The molecule has 1 aromatic rings. The summed E-state index contributed by atoms with van der Waals surface area (Å²) >= 11 is 0. The molecule has 0 spiro atoms. The third kappa shape index (κ3) is 5.52. The average molecular weight is 315 g/mol. The van der Waals surface area contributed by atoms with E-state index >= 15 is 0 Å². The van der Waals surface area contributed by atoms with Crippen LogP contribution in [-0.4, -0.2) is 53.4 Å². The number of esters is 1. The van der Waals surface area contributed by atoms with E-state index in [0.717, 1.165) is 6.26 Å². The Kier molecular flexibility index (Phi) is 6.32. The van der Waals surface area contributed by atoms with Crippen molar-refractivity contribution in [3.05, 3.63) is 29.8 Å². The van der Waals surface area contributed by atoms with Crippen LogP contribution in [0.4, 0.5) is 0 Å². The first kappa shape index (κ1) is 17.1. The standard InChI is InChI=1S/C13H17NO6S/c1-19-8-7-14-12(15)9-20-13(16)10-5-3-4-6-11(10)21(2,17)18/h3-6H,7-9H2,1-2H3,(H,14,15). The number of ether oxygens (including phenoxy) is 2. The van der Waals surface area contributed by atoms with E-state index < -0.39 is 28.3 Å². The molecule has 0 saturated heterocycles. The van der Waals surface area contributed by atoms with Gasteiger partial charge in [-0.25, -0.2) is 13.2 Å². The lowest BCUT2D eigenvalue weighted by Crippen LogP contribution is -2.31. The number of carbonyl (C=O) groups is 2. The van der Waals surface area contributed by atoms with Gasteiger partial charge in [0.2, 0.25) is 0 Å². The summed E-state index contributed by atoms with van der Waals surface area (Å²) in [5, 5.41) is 2.48. The zero-order chi connectivity index (χ0) is 15.9. The average Bonchev–Trinajstić information content (AvgIpc) is 2.44. The van der Waals surface area contributed by atoms with Gasteiger partial charge in [0.25, 0.3) is 5.91 Å². The van der Waals surface area contributed by atoms with Crippen LogP contribution in [0.3, 0.4) is 0 Å². The molecular formula is C13H17NO6S. The second kappa shape index (κ2) is 7.75. The Labute approximate surface area is 123 Å². The lowest BCUT2D eigenvalue weighted by atomic mass is 10.2. The van der Waals surface area contributed by atoms with E-state index in [9.17, 15) is 18.0 Å². The van der Waals surface area contributed by atoms with E-state index in [1.165, 1.54) is 31.4 Å². The number of amides is 1. The van der Waals surface area contributed by atoms with Crippen LogP contribution in [0.25, 0.3) is 0 Å². The highest BCUT2D eigenvalue weighted by atomic mass is 32.2. The molecule has 21 heavy (non-hydrogen) atoms. The highest BCUT2D eigenvalue weighted by Crippen LogP contribution is 2.16. The molecule has 116 valence electrons. The van der Waals surface area contributed by atoms with Gasteiger partial charge < -0.3 is 14.8 Å². The molecule has 1 amide bonds. The predicted octanol–water partition coefficient (Wildman–Crippen LogP) is 0.00950. The van der Waals surface area contributed by atoms with Gasteiger partial charge in [0.05, 0.1) is 17.1 Å². The smallest absolute Gasteiger partial charge is 0.339 e. The Bertz CT molecular complexity index is 611. The van der Waals surface area contributed by atoms with Gasteiger partial charge in [-0.3, -0.25) is 4.79 Å². The van der Waals surface area contributed by atoms with E-state index in [0.29, 0.717) is 13.2 Å². The van der Waals surface area contributed by atoms with Gasteiger partial charge in [0.1, 0.15) is 0 Å². The molecule has 0 bridgehead atoms. The van der Waals surface area contributed by atoms with Gasteiger partial charge in [-0.1, -0.05) is 12.1 Å². The van der Waals surface area contributed by atoms with Crippen molar-refractivity contribution in [2.24, 2.45) is 0 Å². The molecule has 7 nitrogen and oxygen atoms in total. The number of sulfone groups is 1. The second-order valence-electron chi connectivity index (χ2n) is 4.19. The van der Waals surface area contributed by atoms with Crippen LogP contribution in [0.15, 0.2) is 29.2 Å². The van der Waals surface area contributed by atoms with Crippen LogP contribution in [-0.2, 0) is 24.1 Å². The van der Waals surface area contributed by atoms with Crippen LogP contribution >= 0.6 is 0 Å². The maximum absolute atomic E-state index is 11.9. The number of hydrogen-bond acceptors (Lipinski definition) is 6.